The summed E-state index contributed by atoms with van der Waals surface area (Å²) >= 11 is 0. The molecule has 186 valence electrons. The van der Waals surface area contributed by atoms with E-state index in [1.165, 1.54) is 18.2 Å². The molecule has 2 heterocycles. The molecule has 4 rings (SSSR count). The van der Waals surface area contributed by atoms with Gasteiger partial charge in [0.25, 0.3) is 11.8 Å². The van der Waals surface area contributed by atoms with Crippen molar-refractivity contribution < 1.29 is 32.3 Å². The van der Waals surface area contributed by atoms with Gasteiger partial charge in [0.1, 0.15) is 17.9 Å². The highest BCUT2D eigenvalue weighted by Crippen LogP contribution is 2.31. The molecule has 1 saturated heterocycles. The van der Waals surface area contributed by atoms with Crippen LogP contribution in [0.2, 0.25) is 0 Å². The summed E-state index contributed by atoms with van der Waals surface area (Å²) in [6, 6.07) is 14.0. The molecule has 36 heavy (non-hydrogen) atoms. The number of halogens is 3. The lowest BCUT2D eigenvalue weighted by Crippen LogP contribution is -2.54. The molecular formula is C26H22F3N3O4. The van der Waals surface area contributed by atoms with Gasteiger partial charge < -0.3 is 9.30 Å². The summed E-state index contributed by atoms with van der Waals surface area (Å²) in [6.07, 6.45) is -0.640. The summed E-state index contributed by atoms with van der Waals surface area (Å²) in [5.74, 6) is -1.51. The van der Waals surface area contributed by atoms with Crippen molar-refractivity contribution in [3.63, 3.8) is 0 Å². The normalized spacial score (nSPS) is 15.4. The topological polar surface area (TPSA) is 80.6 Å². The Morgan fingerprint density at radius 2 is 1.75 bits per heavy atom. The van der Waals surface area contributed by atoms with Gasteiger partial charge in [0.15, 0.2) is 0 Å². The van der Waals surface area contributed by atoms with E-state index in [-0.39, 0.29) is 24.5 Å². The monoisotopic (exact) mass is 497 g/mol. The van der Waals surface area contributed by atoms with E-state index in [9.17, 15) is 27.6 Å². The Morgan fingerprint density at radius 1 is 1.00 bits per heavy atom. The first-order valence-electron chi connectivity index (χ1n) is 11.1. The van der Waals surface area contributed by atoms with Gasteiger partial charge in [0.2, 0.25) is 0 Å². The highest BCUT2D eigenvalue weighted by molar-refractivity contribution is 6.39. The van der Waals surface area contributed by atoms with Crippen molar-refractivity contribution in [1.82, 2.24) is 9.88 Å². The zero-order chi connectivity index (χ0) is 25.9. The third-order valence-corrected chi connectivity index (χ3v) is 5.62. The number of alkyl halides is 3. The SMILES string of the molecule is CCc1ccc(N2C(=O)NC(=O)C(=Cc3cccn3CCOc3cccc(C(F)(F)F)c3)C2=O)cc1. The molecule has 0 unspecified atom stereocenters. The summed E-state index contributed by atoms with van der Waals surface area (Å²) < 4.78 is 45.8. The largest absolute Gasteiger partial charge is 0.492 e. The van der Waals surface area contributed by atoms with Crippen LogP contribution >= 0.6 is 0 Å². The number of hydrogen-bond donors (Lipinski definition) is 1. The average molecular weight is 497 g/mol. The van der Waals surface area contributed by atoms with Gasteiger partial charge in [0.05, 0.1) is 17.8 Å². The highest BCUT2D eigenvalue weighted by Gasteiger charge is 2.37. The van der Waals surface area contributed by atoms with Crippen LogP contribution < -0.4 is 15.0 Å². The van der Waals surface area contributed by atoms with E-state index in [1.807, 2.05) is 6.92 Å². The predicted molar refractivity (Wildman–Crippen MR) is 126 cm³/mol. The second-order valence-electron chi connectivity index (χ2n) is 7.98. The lowest BCUT2D eigenvalue weighted by atomic mass is 10.1. The van der Waals surface area contributed by atoms with Gasteiger partial charge >= 0.3 is 12.2 Å². The van der Waals surface area contributed by atoms with Crippen LogP contribution in [0.15, 0.2) is 72.4 Å². The number of carbonyl (C=O) groups excluding carboxylic acids is 3. The Kier molecular flexibility index (Phi) is 6.96. The third kappa shape index (κ3) is 5.32. The van der Waals surface area contributed by atoms with E-state index in [1.54, 1.807) is 47.2 Å². The number of barbiturate groups is 1. The lowest BCUT2D eigenvalue weighted by Gasteiger charge is -2.26. The number of nitrogens with zero attached hydrogens (tertiary/aromatic N) is 2. The maximum atomic E-state index is 13.1. The van der Waals surface area contributed by atoms with Gasteiger partial charge in [0, 0.05) is 11.9 Å². The van der Waals surface area contributed by atoms with E-state index in [2.05, 4.69) is 5.32 Å². The molecule has 7 nitrogen and oxygen atoms in total. The molecule has 0 saturated carbocycles. The van der Waals surface area contributed by atoms with Gasteiger partial charge in [-0.2, -0.15) is 13.2 Å². The quantitative estimate of drug-likeness (QED) is 0.375. The number of rotatable bonds is 7. The summed E-state index contributed by atoms with van der Waals surface area (Å²) in [5.41, 5.74) is 0.805. The molecule has 0 spiro atoms. The highest BCUT2D eigenvalue weighted by atomic mass is 19.4. The summed E-state index contributed by atoms with van der Waals surface area (Å²) in [6.45, 7) is 2.26. The second kappa shape index (κ2) is 10.1. The molecular weight excluding hydrogens is 475 g/mol. The number of anilines is 1. The first-order valence-corrected chi connectivity index (χ1v) is 11.1. The summed E-state index contributed by atoms with van der Waals surface area (Å²) in [4.78, 5) is 38.9. The van der Waals surface area contributed by atoms with E-state index in [0.717, 1.165) is 29.0 Å². The van der Waals surface area contributed by atoms with Crippen LogP contribution in [0, 0.1) is 0 Å². The van der Waals surface area contributed by atoms with Crippen LogP contribution in [-0.2, 0) is 28.7 Å². The number of carbonyl (C=O) groups is 3. The Morgan fingerprint density at radius 3 is 2.44 bits per heavy atom. The van der Waals surface area contributed by atoms with Crippen LogP contribution in [0.3, 0.4) is 0 Å². The first kappa shape index (κ1) is 24.8. The Labute approximate surface area is 204 Å². The predicted octanol–water partition coefficient (Wildman–Crippen LogP) is 4.81. The van der Waals surface area contributed by atoms with Crippen LogP contribution in [0.5, 0.6) is 5.75 Å². The number of ether oxygens (including phenoxy) is 1. The second-order valence-corrected chi connectivity index (χ2v) is 7.98. The molecule has 3 aromatic rings. The fourth-order valence-corrected chi connectivity index (χ4v) is 3.71. The summed E-state index contributed by atoms with van der Waals surface area (Å²) in [5, 5.41) is 2.18. The minimum atomic E-state index is -4.47. The van der Waals surface area contributed by atoms with Gasteiger partial charge in [-0.15, -0.1) is 0 Å². The number of benzene rings is 2. The molecule has 0 atom stereocenters. The van der Waals surface area contributed by atoms with Gasteiger partial charge in [-0.3, -0.25) is 14.9 Å². The van der Waals surface area contributed by atoms with Crippen molar-refractivity contribution in [3.8, 4) is 5.75 Å². The fraction of sp³-hybridized carbons (Fsp3) is 0.192. The minimum absolute atomic E-state index is 0.0424. The number of nitrogens with one attached hydrogen (secondary N) is 1. The van der Waals surface area contributed by atoms with Crippen molar-refractivity contribution >= 4 is 29.6 Å². The number of amides is 4. The Balaban J connectivity index is 1.50. The standard InChI is InChI=1S/C26H22F3N3O4/c1-2-17-8-10-19(11-9-17)32-24(34)22(23(33)30-25(32)35)16-20-6-4-12-31(20)13-14-36-21-7-3-5-18(15-21)26(27,28)29/h3-12,15-16H,2,13-14H2,1H3,(H,30,33,35). The molecule has 4 amide bonds. The Bertz CT molecular complexity index is 1330. The van der Waals surface area contributed by atoms with Gasteiger partial charge in [-0.05, 0) is 60.5 Å². The van der Waals surface area contributed by atoms with Crippen LogP contribution in [0.25, 0.3) is 6.08 Å². The molecule has 10 heteroatoms. The van der Waals surface area contributed by atoms with Crippen molar-refractivity contribution in [2.75, 3.05) is 11.5 Å². The number of aromatic nitrogens is 1. The molecule has 0 aliphatic carbocycles. The molecule has 0 bridgehead atoms. The van der Waals surface area contributed by atoms with Gasteiger partial charge in [-0.25, -0.2) is 9.69 Å². The van der Waals surface area contributed by atoms with Crippen LogP contribution in [0.4, 0.5) is 23.7 Å². The zero-order valence-electron chi connectivity index (χ0n) is 19.2. The average Bonchev–Trinajstić information content (AvgIpc) is 3.28. The summed E-state index contributed by atoms with van der Waals surface area (Å²) in [7, 11) is 0. The molecule has 1 N–H and O–H groups in total. The van der Waals surface area contributed by atoms with Crippen molar-refractivity contribution in [2.45, 2.75) is 26.1 Å². The molecule has 2 aromatic carbocycles. The molecule has 1 aromatic heterocycles. The van der Waals surface area contributed by atoms with Gasteiger partial charge in [-0.1, -0.05) is 25.1 Å². The van der Waals surface area contributed by atoms with Crippen molar-refractivity contribution in [2.24, 2.45) is 0 Å². The number of hydrogen-bond acceptors (Lipinski definition) is 4. The van der Waals surface area contributed by atoms with Crippen molar-refractivity contribution in [1.29, 1.82) is 0 Å². The zero-order valence-corrected chi connectivity index (χ0v) is 19.2. The van der Waals surface area contributed by atoms with Crippen LogP contribution in [0.1, 0.15) is 23.7 Å². The lowest BCUT2D eigenvalue weighted by molar-refractivity contribution is -0.137. The third-order valence-electron chi connectivity index (χ3n) is 5.62. The Hall–Kier alpha value is -4.34. The van der Waals surface area contributed by atoms with E-state index in [4.69, 9.17) is 4.74 Å². The fourth-order valence-electron chi connectivity index (χ4n) is 3.71. The molecule has 1 aliphatic rings. The van der Waals surface area contributed by atoms with E-state index < -0.39 is 29.6 Å². The van der Waals surface area contributed by atoms with Crippen LogP contribution in [-0.4, -0.2) is 29.0 Å². The number of urea groups is 1. The maximum Gasteiger partial charge on any atom is 0.416 e. The smallest absolute Gasteiger partial charge is 0.416 e. The molecule has 1 aliphatic heterocycles. The molecule has 1 fully saturated rings. The van der Waals surface area contributed by atoms with Crippen molar-refractivity contribution in [3.05, 3.63) is 89.3 Å². The van der Waals surface area contributed by atoms with E-state index >= 15 is 0 Å². The molecule has 0 radical (unpaired) electrons. The number of aryl methyl sites for hydroxylation is 1. The first-order chi connectivity index (χ1) is 17.2. The number of imide groups is 2. The maximum absolute atomic E-state index is 13.1. The van der Waals surface area contributed by atoms with E-state index in [0.29, 0.717) is 11.4 Å². The minimum Gasteiger partial charge on any atom is -0.492 e.